The number of nitrogens with one attached hydrogen (secondary N) is 1. The number of hydrogen-bond acceptors (Lipinski definition) is 6. The summed E-state index contributed by atoms with van der Waals surface area (Å²) in [6, 6.07) is 24.0. The first-order valence-corrected chi connectivity index (χ1v) is 13.4. The minimum atomic E-state index is -0.100. The van der Waals surface area contributed by atoms with E-state index in [4.69, 9.17) is 4.74 Å². The second kappa shape index (κ2) is 12.5. The lowest BCUT2D eigenvalue weighted by Gasteiger charge is -2.21. The summed E-state index contributed by atoms with van der Waals surface area (Å²) in [6.45, 7) is 10.5. The van der Waals surface area contributed by atoms with Gasteiger partial charge in [-0.1, -0.05) is 47.2 Å². The normalized spacial score (nSPS) is 10.8. The van der Waals surface area contributed by atoms with E-state index in [0.717, 1.165) is 41.5 Å². The fourth-order valence-electron chi connectivity index (χ4n) is 3.89. The van der Waals surface area contributed by atoms with Gasteiger partial charge in [0, 0.05) is 30.2 Å². The number of aryl methyl sites for hydroxylation is 2. The Hall–Kier alpha value is -3.78. The first-order chi connectivity index (χ1) is 18.0. The van der Waals surface area contributed by atoms with Crippen LogP contribution < -0.4 is 15.0 Å². The molecule has 0 aliphatic carbocycles. The van der Waals surface area contributed by atoms with E-state index < -0.39 is 0 Å². The quantitative estimate of drug-likeness (QED) is 0.246. The largest absolute Gasteiger partial charge is 0.486 e. The van der Waals surface area contributed by atoms with Crippen LogP contribution in [-0.2, 0) is 11.4 Å². The molecule has 1 N–H and O–H groups in total. The summed E-state index contributed by atoms with van der Waals surface area (Å²) in [5.41, 5.74) is 5.17. The van der Waals surface area contributed by atoms with E-state index in [1.165, 1.54) is 17.3 Å². The van der Waals surface area contributed by atoms with E-state index in [9.17, 15) is 4.79 Å². The van der Waals surface area contributed by atoms with Crippen LogP contribution in [-0.4, -0.2) is 39.5 Å². The number of rotatable bonds is 11. The minimum Gasteiger partial charge on any atom is -0.486 e. The van der Waals surface area contributed by atoms with Crippen LogP contribution in [0.25, 0.3) is 5.69 Å². The van der Waals surface area contributed by atoms with Crippen LogP contribution >= 0.6 is 11.8 Å². The van der Waals surface area contributed by atoms with E-state index in [-0.39, 0.29) is 18.3 Å². The lowest BCUT2D eigenvalue weighted by molar-refractivity contribution is -0.113. The Balaban J connectivity index is 1.45. The van der Waals surface area contributed by atoms with Crippen molar-refractivity contribution in [3.8, 4) is 11.4 Å². The van der Waals surface area contributed by atoms with E-state index in [0.29, 0.717) is 11.0 Å². The lowest BCUT2D eigenvalue weighted by atomic mass is 10.2. The number of thioether (sulfide) groups is 1. The van der Waals surface area contributed by atoms with Gasteiger partial charge in [0.25, 0.3) is 0 Å². The fraction of sp³-hybridized carbons (Fsp3) is 0.276. The summed E-state index contributed by atoms with van der Waals surface area (Å²) in [6.07, 6.45) is 0. The predicted molar refractivity (Wildman–Crippen MR) is 151 cm³/mol. The van der Waals surface area contributed by atoms with Gasteiger partial charge in [0.05, 0.1) is 5.75 Å². The van der Waals surface area contributed by atoms with Crippen molar-refractivity contribution in [1.29, 1.82) is 0 Å². The molecule has 0 atom stereocenters. The molecule has 37 heavy (non-hydrogen) atoms. The monoisotopic (exact) mass is 515 g/mol. The molecule has 192 valence electrons. The average molecular weight is 516 g/mol. The molecule has 0 saturated carbocycles. The van der Waals surface area contributed by atoms with E-state index in [1.807, 2.05) is 91.2 Å². The van der Waals surface area contributed by atoms with Crippen molar-refractivity contribution in [2.24, 2.45) is 0 Å². The van der Waals surface area contributed by atoms with Crippen molar-refractivity contribution >= 4 is 29.0 Å². The summed E-state index contributed by atoms with van der Waals surface area (Å²) < 4.78 is 7.93. The van der Waals surface area contributed by atoms with Gasteiger partial charge in [0.2, 0.25) is 5.91 Å². The second-order valence-electron chi connectivity index (χ2n) is 8.73. The Kier molecular flexibility index (Phi) is 8.85. The lowest BCUT2D eigenvalue weighted by Crippen LogP contribution is -2.21. The van der Waals surface area contributed by atoms with Gasteiger partial charge >= 0.3 is 0 Å². The topological polar surface area (TPSA) is 72.3 Å². The number of aromatic nitrogens is 3. The third kappa shape index (κ3) is 6.92. The Morgan fingerprint density at radius 3 is 2.14 bits per heavy atom. The molecule has 0 fully saturated rings. The minimum absolute atomic E-state index is 0.100. The van der Waals surface area contributed by atoms with Gasteiger partial charge in [0.15, 0.2) is 11.0 Å². The maximum atomic E-state index is 12.7. The Morgan fingerprint density at radius 2 is 1.51 bits per heavy atom. The second-order valence-corrected chi connectivity index (χ2v) is 9.67. The van der Waals surface area contributed by atoms with Gasteiger partial charge in [-0.15, -0.1) is 10.2 Å². The first kappa shape index (κ1) is 26.3. The van der Waals surface area contributed by atoms with Gasteiger partial charge in [-0.3, -0.25) is 9.36 Å². The molecule has 8 heteroatoms. The van der Waals surface area contributed by atoms with Crippen LogP contribution in [0, 0.1) is 13.8 Å². The third-order valence-corrected chi connectivity index (χ3v) is 6.92. The van der Waals surface area contributed by atoms with Crippen LogP contribution in [0.15, 0.2) is 78.0 Å². The molecule has 1 heterocycles. The fourth-order valence-corrected chi connectivity index (χ4v) is 4.67. The zero-order chi connectivity index (χ0) is 26.2. The van der Waals surface area contributed by atoms with Crippen molar-refractivity contribution in [1.82, 2.24) is 14.8 Å². The van der Waals surface area contributed by atoms with Crippen LogP contribution in [0.4, 0.5) is 11.4 Å². The van der Waals surface area contributed by atoms with Crippen LogP contribution in [0.5, 0.6) is 5.75 Å². The van der Waals surface area contributed by atoms with Crippen molar-refractivity contribution in [2.75, 3.05) is 29.1 Å². The maximum absolute atomic E-state index is 12.7. The van der Waals surface area contributed by atoms with Gasteiger partial charge in [-0.2, -0.15) is 0 Å². The Morgan fingerprint density at radius 1 is 0.892 bits per heavy atom. The Bertz CT molecular complexity index is 1300. The summed E-state index contributed by atoms with van der Waals surface area (Å²) in [4.78, 5) is 15.0. The highest BCUT2D eigenvalue weighted by molar-refractivity contribution is 7.99. The van der Waals surface area contributed by atoms with Crippen molar-refractivity contribution in [2.45, 2.75) is 39.5 Å². The number of ether oxygens (including phenoxy) is 1. The van der Waals surface area contributed by atoms with Gasteiger partial charge in [-0.05, 0) is 76.2 Å². The third-order valence-electron chi connectivity index (χ3n) is 5.99. The summed E-state index contributed by atoms with van der Waals surface area (Å²) in [5.74, 6) is 1.54. The molecule has 0 bridgehead atoms. The smallest absolute Gasteiger partial charge is 0.234 e. The van der Waals surface area contributed by atoms with Crippen molar-refractivity contribution in [3.05, 3.63) is 89.7 Å². The highest BCUT2D eigenvalue weighted by atomic mass is 32.2. The zero-order valence-corrected chi connectivity index (χ0v) is 22.6. The molecule has 0 aliphatic heterocycles. The molecular weight excluding hydrogens is 482 g/mol. The Labute approximate surface area is 222 Å². The van der Waals surface area contributed by atoms with Crippen LogP contribution in [0.1, 0.15) is 30.8 Å². The maximum Gasteiger partial charge on any atom is 0.234 e. The first-order valence-electron chi connectivity index (χ1n) is 12.4. The molecule has 4 aromatic rings. The summed E-state index contributed by atoms with van der Waals surface area (Å²) in [5, 5.41) is 12.4. The van der Waals surface area contributed by atoms with E-state index >= 15 is 0 Å². The molecule has 7 nitrogen and oxygen atoms in total. The van der Waals surface area contributed by atoms with Crippen molar-refractivity contribution < 1.29 is 9.53 Å². The predicted octanol–water partition coefficient (Wildman–Crippen LogP) is 6.04. The van der Waals surface area contributed by atoms with Gasteiger partial charge < -0.3 is 15.0 Å². The molecule has 0 saturated heterocycles. The molecule has 0 spiro atoms. The zero-order valence-electron chi connectivity index (χ0n) is 21.8. The molecular formula is C29H33N5O2S. The standard InChI is InChI=1S/C29H33N5O2S/c1-5-33(6-2)24-15-11-23(12-16-24)30-28(35)20-37-29-32-31-27(19-36-26-17-9-22(4)10-18-26)34(29)25-13-7-21(3)8-14-25/h7-18H,5-6,19-20H2,1-4H3,(H,30,35). The molecule has 0 radical (unpaired) electrons. The highest BCUT2D eigenvalue weighted by Crippen LogP contribution is 2.24. The number of nitrogens with zero attached hydrogens (tertiary/aromatic N) is 4. The van der Waals surface area contributed by atoms with Crippen molar-refractivity contribution in [3.63, 3.8) is 0 Å². The molecule has 0 unspecified atom stereocenters. The molecule has 1 amide bonds. The average Bonchev–Trinajstić information content (AvgIpc) is 3.32. The number of anilines is 2. The van der Waals surface area contributed by atoms with Gasteiger partial charge in [0.1, 0.15) is 12.4 Å². The number of hydrogen-bond donors (Lipinski definition) is 1. The summed E-state index contributed by atoms with van der Waals surface area (Å²) in [7, 11) is 0. The summed E-state index contributed by atoms with van der Waals surface area (Å²) >= 11 is 1.35. The molecule has 1 aromatic heterocycles. The van der Waals surface area contributed by atoms with Crippen LogP contribution in [0.2, 0.25) is 0 Å². The van der Waals surface area contributed by atoms with E-state index in [1.54, 1.807) is 0 Å². The molecule has 4 rings (SSSR count). The number of carbonyl (C=O) groups excluding carboxylic acids is 1. The van der Waals surface area contributed by atoms with Crippen LogP contribution in [0.3, 0.4) is 0 Å². The molecule has 0 aliphatic rings. The van der Waals surface area contributed by atoms with E-state index in [2.05, 4.69) is 34.3 Å². The number of benzene rings is 3. The molecule has 3 aromatic carbocycles. The van der Waals surface area contributed by atoms with Gasteiger partial charge in [-0.25, -0.2) is 0 Å². The number of amides is 1. The number of carbonyl (C=O) groups is 1. The highest BCUT2D eigenvalue weighted by Gasteiger charge is 2.17. The SMILES string of the molecule is CCN(CC)c1ccc(NC(=O)CSc2nnc(COc3ccc(C)cc3)n2-c2ccc(C)cc2)cc1.